The van der Waals surface area contributed by atoms with Crippen LogP contribution < -0.4 is 5.56 Å². The summed E-state index contributed by atoms with van der Waals surface area (Å²) < 4.78 is 4.92. The summed E-state index contributed by atoms with van der Waals surface area (Å²) in [6.07, 6.45) is 0. The largest absolute Gasteiger partial charge is 0.461 e. The summed E-state index contributed by atoms with van der Waals surface area (Å²) in [4.78, 5) is 32.7. The van der Waals surface area contributed by atoms with E-state index in [4.69, 9.17) is 16.3 Å². The van der Waals surface area contributed by atoms with Crippen LogP contribution in [0, 0.1) is 0 Å². The highest BCUT2D eigenvalue weighted by molar-refractivity contribution is 6.31. The average molecular weight is 341 g/mol. The maximum absolute atomic E-state index is 12.3. The number of benzene rings is 2. The van der Waals surface area contributed by atoms with Gasteiger partial charge in [-0.1, -0.05) is 41.9 Å². The fourth-order valence-electron chi connectivity index (χ4n) is 2.33. The van der Waals surface area contributed by atoms with E-state index in [2.05, 4.69) is 9.97 Å². The Morgan fingerprint density at radius 1 is 1.12 bits per heavy atom. The van der Waals surface area contributed by atoms with E-state index in [9.17, 15) is 9.59 Å². The molecule has 6 heteroatoms. The quantitative estimate of drug-likeness (QED) is 0.683. The Hall–Kier alpha value is -2.79. The zero-order chi connectivity index (χ0) is 17.1. The molecule has 0 spiro atoms. The summed E-state index contributed by atoms with van der Waals surface area (Å²) in [6.45, 7) is 1.80. The Morgan fingerprint density at radius 2 is 1.88 bits per heavy atom. The lowest BCUT2D eigenvalue weighted by molar-refractivity contribution is 0.0517. The molecule has 5 nitrogen and oxygen atoms in total. The van der Waals surface area contributed by atoms with E-state index >= 15 is 0 Å². The molecule has 0 unspecified atom stereocenters. The molecule has 0 radical (unpaired) electrons. The number of fused-ring (bicyclic) bond motifs is 1. The van der Waals surface area contributed by atoms with Crippen LogP contribution in [0.5, 0.6) is 0 Å². The lowest BCUT2D eigenvalue weighted by Gasteiger charge is -2.03. The van der Waals surface area contributed by atoms with Crippen molar-refractivity contribution in [3.63, 3.8) is 0 Å². The number of carbonyl (C=O) groups is 1. The molecule has 0 amide bonds. The SMILES string of the molecule is CCOC(=O)c1nc(-c2ccccc2)c2cc(Cl)ccc2nc1=O. The summed E-state index contributed by atoms with van der Waals surface area (Å²) >= 11 is 6.09. The van der Waals surface area contributed by atoms with Crippen molar-refractivity contribution >= 4 is 28.5 Å². The van der Waals surface area contributed by atoms with E-state index in [1.165, 1.54) is 0 Å². The number of esters is 1. The predicted octanol–water partition coefficient (Wildman–Crippen LogP) is 3.49. The summed E-state index contributed by atoms with van der Waals surface area (Å²) in [6, 6.07) is 14.2. The molecule has 0 saturated heterocycles. The van der Waals surface area contributed by atoms with Gasteiger partial charge < -0.3 is 4.74 Å². The summed E-state index contributed by atoms with van der Waals surface area (Å²) in [7, 11) is 0. The summed E-state index contributed by atoms with van der Waals surface area (Å²) in [5.74, 6) is -0.793. The van der Waals surface area contributed by atoms with Gasteiger partial charge in [0.05, 0.1) is 17.8 Å². The van der Waals surface area contributed by atoms with Crippen LogP contribution in [0.1, 0.15) is 17.4 Å². The average Bonchev–Trinajstić information content (AvgIpc) is 2.72. The van der Waals surface area contributed by atoms with Crippen molar-refractivity contribution in [1.82, 2.24) is 9.97 Å². The second-order valence-corrected chi connectivity index (χ2v) is 5.41. The third-order valence-corrected chi connectivity index (χ3v) is 3.61. The molecule has 0 fully saturated rings. The fourth-order valence-corrected chi connectivity index (χ4v) is 2.50. The van der Waals surface area contributed by atoms with E-state index in [0.717, 1.165) is 5.56 Å². The van der Waals surface area contributed by atoms with Crippen LogP contribution in [-0.2, 0) is 4.74 Å². The van der Waals surface area contributed by atoms with Crippen molar-refractivity contribution in [2.75, 3.05) is 6.61 Å². The minimum Gasteiger partial charge on any atom is -0.461 e. The van der Waals surface area contributed by atoms with Crippen LogP contribution in [0.15, 0.2) is 53.3 Å². The molecule has 3 aromatic rings. The summed E-state index contributed by atoms with van der Waals surface area (Å²) in [5.41, 5.74) is 0.524. The first-order valence-corrected chi connectivity index (χ1v) is 7.72. The topological polar surface area (TPSA) is 69.2 Å². The molecule has 0 aliphatic carbocycles. The second kappa shape index (κ2) is 6.76. The Labute approximate surface area is 142 Å². The highest BCUT2D eigenvalue weighted by atomic mass is 35.5. The third-order valence-electron chi connectivity index (χ3n) is 3.38. The molecule has 0 bridgehead atoms. The Balaban J connectivity index is 2.42. The molecule has 0 atom stereocenters. The van der Waals surface area contributed by atoms with E-state index in [1.54, 1.807) is 25.1 Å². The first-order chi connectivity index (χ1) is 11.6. The highest BCUT2D eigenvalue weighted by Crippen LogP contribution is 2.26. The third kappa shape index (κ3) is 3.12. The Kier molecular flexibility index (Phi) is 4.53. The van der Waals surface area contributed by atoms with Crippen molar-refractivity contribution in [3.8, 4) is 11.3 Å². The molecule has 0 N–H and O–H groups in total. The van der Waals surface area contributed by atoms with Gasteiger partial charge in [-0.25, -0.2) is 14.8 Å². The number of aromatic nitrogens is 2. The van der Waals surface area contributed by atoms with Gasteiger partial charge in [-0.3, -0.25) is 4.79 Å². The maximum Gasteiger partial charge on any atom is 0.362 e. The monoisotopic (exact) mass is 340 g/mol. The normalized spacial score (nSPS) is 10.6. The van der Waals surface area contributed by atoms with Gasteiger partial charge in [0.2, 0.25) is 5.69 Å². The molecule has 120 valence electrons. The molecule has 3 rings (SSSR count). The minimum atomic E-state index is -0.793. The van der Waals surface area contributed by atoms with Crippen LogP contribution in [0.3, 0.4) is 0 Å². The van der Waals surface area contributed by atoms with E-state index in [-0.39, 0.29) is 12.3 Å². The fraction of sp³-hybridized carbons (Fsp3) is 0.111. The Bertz CT molecular complexity index is 975. The van der Waals surface area contributed by atoms with Gasteiger partial charge in [0.25, 0.3) is 0 Å². The Morgan fingerprint density at radius 3 is 2.58 bits per heavy atom. The summed E-state index contributed by atoms with van der Waals surface area (Å²) in [5, 5.41) is 1.07. The van der Waals surface area contributed by atoms with Crippen molar-refractivity contribution in [3.05, 3.63) is 69.6 Å². The van der Waals surface area contributed by atoms with Gasteiger partial charge in [0.15, 0.2) is 0 Å². The molecular formula is C18H13ClN2O3. The molecule has 0 saturated carbocycles. The molecule has 2 aromatic carbocycles. The number of hydrogen-bond donors (Lipinski definition) is 0. The van der Waals surface area contributed by atoms with Crippen LogP contribution in [0.2, 0.25) is 5.02 Å². The van der Waals surface area contributed by atoms with Crippen LogP contribution in [0.4, 0.5) is 0 Å². The van der Waals surface area contributed by atoms with Crippen molar-refractivity contribution in [2.24, 2.45) is 0 Å². The lowest BCUT2D eigenvalue weighted by atomic mass is 10.1. The van der Waals surface area contributed by atoms with Gasteiger partial charge in [-0.15, -0.1) is 0 Å². The number of nitrogens with zero attached hydrogens (tertiary/aromatic N) is 2. The van der Waals surface area contributed by atoms with Crippen LogP contribution >= 0.6 is 11.6 Å². The molecule has 0 aliphatic rings. The van der Waals surface area contributed by atoms with Gasteiger partial charge in [0, 0.05) is 16.0 Å². The van der Waals surface area contributed by atoms with E-state index in [1.807, 2.05) is 30.3 Å². The van der Waals surface area contributed by atoms with Crippen molar-refractivity contribution in [2.45, 2.75) is 6.92 Å². The first kappa shape index (κ1) is 16.1. The van der Waals surface area contributed by atoms with Gasteiger partial charge in [-0.2, -0.15) is 0 Å². The van der Waals surface area contributed by atoms with Gasteiger partial charge >= 0.3 is 11.5 Å². The van der Waals surface area contributed by atoms with Crippen LogP contribution in [-0.4, -0.2) is 22.5 Å². The molecule has 1 aromatic heterocycles. The van der Waals surface area contributed by atoms with Crippen molar-refractivity contribution in [1.29, 1.82) is 0 Å². The standard InChI is InChI=1S/C18H13ClN2O3/c1-2-24-18(23)16-17(22)20-14-9-8-12(19)10-13(14)15(21-16)11-6-4-3-5-7-11/h3-10H,2H2,1H3. The van der Waals surface area contributed by atoms with Gasteiger partial charge in [0.1, 0.15) is 0 Å². The minimum absolute atomic E-state index is 0.143. The number of hydrogen-bond acceptors (Lipinski definition) is 5. The molecule has 0 aliphatic heterocycles. The number of rotatable bonds is 3. The number of carbonyl (C=O) groups excluding carboxylic acids is 1. The number of ether oxygens (including phenoxy) is 1. The molecular weight excluding hydrogens is 328 g/mol. The highest BCUT2D eigenvalue weighted by Gasteiger charge is 2.17. The van der Waals surface area contributed by atoms with Crippen LogP contribution in [0.25, 0.3) is 22.2 Å². The zero-order valence-corrected chi connectivity index (χ0v) is 13.6. The van der Waals surface area contributed by atoms with Crippen molar-refractivity contribution < 1.29 is 9.53 Å². The predicted molar refractivity (Wildman–Crippen MR) is 92.2 cm³/mol. The number of halogens is 1. The maximum atomic E-state index is 12.3. The first-order valence-electron chi connectivity index (χ1n) is 7.34. The second-order valence-electron chi connectivity index (χ2n) is 4.97. The lowest BCUT2D eigenvalue weighted by Crippen LogP contribution is -2.19. The van der Waals surface area contributed by atoms with Gasteiger partial charge in [-0.05, 0) is 25.1 Å². The molecule has 24 heavy (non-hydrogen) atoms. The zero-order valence-electron chi connectivity index (χ0n) is 12.8. The van der Waals surface area contributed by atoms with E-state index < -0.39 is 11.5 Å². The smallest absolute Gasteiger partial charge is 0.362 e. The van der Waals surface area contributed by atoms with E-state index in [0.29, 0.717) is 21.6 Å². The molecule has 1 heterocycles.